The van der Waals surface area contributed by atoms with Gasteiger partial charge in [-0.15, -0.1) is 0 Å². The van der Waals surface area contributed by atoms with Crippen LogP contribution in [0.3, 0.4) is 0 Å². The van der Waals surface area contributed by atoms with Gasteiger partial charge in [-0.05, 0) is 25.3 Å². The highest BCUT2D eigenvalue weighted by molar-refractivity contribution is 6.14. The predicted molar refractivity (Wildman–Crippen MR) is 86.9 cm³/mol. The Balaban J connectivity index is 2.13. The number of rotatable bonds is 2. The van der Waals surface area contributed by atoms with Crippen LogP contribution in [-0.4, -0.2) is 24.1 Å². The van der Waals surface area contributed by atoms with Crippen molar-refractivity contribution in [2.45, 2.75) is 39.0 Å². The topological polar surface area (TPSA) is 49.7 Å². The molecule has 1 heterocycles. The molecule has 0 spiro atoms. The maximum Gasteiger partial charge on any atom is 0.253 e. The molecule has 0 bridgehead atoms. The number of fused-ring (bicyclic) bond motifs is 1. The van der Waals surface area contributed by atoms with Gasteiger partial charge in [-0.25, -0.2) is 4.79 Å². The van der Waals surface area contributed by atoms with Crippen molar-refractivity contribution in [3.05, 3.63) is 35.5 Å². The van der Waals surface area contributed by atoms with Gasteiger partial charge in [0.1, 0.15) is 12.5 Å². The zero-order valence-corrected chi connectivity index (χ0v) is 12.8. The van der Waals surface area contributed by atoms with Gasteiger partial charge in [-0.1, -0.05) is 37.5 Å². The van der Waals surface area contributed by atoms with Gasteiger partial charge in [0.05, 0.1) is 11.9 Å². The fourth-order valence-corrected chi connectivity index (χ4v) is 3.54. The summed E-state index contributed by atoms with van der Waals surface area (Å²) in [6.45, 7) is 2.06. The van der Waals surface area contributed by atoms with Crippen LogP contribution >= 0.6 is 0 Å². The van der Waals surface area contributed by atoms with E-state index in [1.807, 2.05) is 25.1 Å². The molecule has 1 aromatic carbocycles. The van der Waals surface area contributed by atoms with Crippen molar-refractivity contribution in [2.75, 3.05) is 11.4 Å². The second kappa shape index (κ2) is 6.29. The average molecular weight is 296 g/mol. The van der Waals surface area contributed by atoms with E-state index < -0.39 is 0 Å². The molecule has 1 aromatic rings. The maximum absolute atomic E-state index is 12.4. The number of hydrogen-bond acceptors (Lipinski definition) is 3. The molecule has 0 N–H and O–H groups in total. The Labute approximate surface area is 130 Å². The zero-order chi connectivity index (χ0) is 15.5. The van der Waals surface area contributed by atoms with Crippen molar-refractivity contribution in [3.63, 3.8) is 0 Å². The molecular formula is C18H20N2O2. The highest BCUT2D eigenvalue weighted by atomic mass is 16.2. The number of carbonyl (C=O) groups excluding carboxylic acids is 2. The number of benzodiazepines with no additional fused rings is 1. The third-order valence-corrected chi connectivity index (χ3v) is 4.58. The zero-order valence-electron chi connectivity index (χ0n) is 12.8. The summed E-state index contributed by atoms with van der Waals surface area (Å²) in [6.07, 6.45) is 7.16. The Morgan fingerprint density at radius 1 is 1.27 bits per heavy atom. The molecule has 4 heteroatoms. The predicted octanol–water partition coefficient (Wildman–Crippen LogP) is 3.06. The molecule has 1 aliphatic carbocycles. The summed E-state index contributed by atoms with van der Waals surface area (Å²) < 4.78 is 0. The Bertz CT molecular complexity index is 666. The Kier molecular flexibility index (Phi) is 4.21. The number of aliphatic imine (C=N–C) groups is 1. The largest absolute Gasteiger partial charge is 0.279 e. The lowest BCUT2D eigenvalue weighted by atomic mass is 9.82. The molecular weight excluding hydrogens is 276 g/mol. The van der Waals surface area contributed by atoms with E-state index in [-0.39, 0.29) is 12.5 Å². The molecule has 22 heavy (non-hydrogen) atoms. The minimum Gasteiger partial charge on any atom is -0.279 e. The van der Waals surface area contributed by atoms with Gasteiger partial charge in [0.2, 0.25) is 0 Å². The van der Waals surface area contributed by atoms with Crippen LogP contribution in [-0.2, 0) is 9.59 Å². The molecule has 1 aliphatic heterocycles. The average Bonchev–Trinajstić information content (AvgIpc) is 2.67. The summed E-state index contributed by atoms with van der Waals surface area (Å²) in [7, 11) is 0. The fourth-order valence-electron chi connectivity index (χ4n) is 3.54. The Morgan fingerprint density at radius 3 is 2.77 bits per heavy atom. The summed E-state index contributed by atoms with van der Waals surface area (Å²) in [4.78, 5) is 29.2. The molecule has 0 atom stereocenters. The van der Waals surface area contributed by atoms with Crippen molar-refractivity contribution in [3.8, 4) is 0 Å². The van der Waals surface area contributed by atoms with Gasteiger partial charge < -0.3 is 0 Å². The van der Waals surface area contributed by atoms with Gasteiger partial charge >= 0.3 is 0 Å². The molecule has 0 radical (unpaired) electrons. The Morgan fingerprint density at radius 2 is 2.05 bits per heavy atom. The van der Waals surface area contributed by atoms with Gasteiger partial charge in [0.25, 0.3) is 5.91 Å². The third-order valence-electron chi connectivity index (χ3n) is 4.58. The van der Waals surface area contributed by atoms with Crippen molar-refractivity contribution in [2.24, 2.45) is 10.9 Å². The van der Waals surface area contributed by atoms with Crippen LogP contribution in [0.2, 0.25) is 0 Å². The lowest BCUT2D eigenvalue weighted by Crippen LogP contribution is -2.28. The third kappa shape index (κ3) is 2.62. The first-order valence-corrected chi connectivity index (χ1v) is 7.89. The van der Waals surface area contributed by atoms with Crippen LogP contribution in [0.5, 0.6) is 0 Å². The maximum atomic E-state index is 12.4. The van der Waals surface area contributed by atoms with Crippen LogP contribution in [0, 0.1) is 12.8 Å². The Hall–Kier alpha value is -2.19. The summed E-state index contributed by atoms with van der Waals surface area (Å²) in [5.74, 6) is 1.98. The van der Waals surface area contributed by atoms with Crippen molar-refractivity contribution in [1.82, 2.24) is 0 Å². The molecule has 0 aromatic heterocycles. The minimum atomic E-state index is -0.176. The summed E-state index contributed by atoms with van der Waals surface area (Å²) in [5.41, 5.74) is 3.79. The second-order valence-electron chi connectivity index (χ2n) is 6.02. The molecule has 1 amide bonds. The van der Waals surface area contributed by atoms with E-state index in [2.05, 4.69) is 4.99 Å². The first-order valence-electron chi connectivity index (χ1n) is 7.89. The monoisotopic (exact) mass is 296 g/mol. The number of nitrogens with zero attached hydrogens (tertiary/aromatic N) is 2. The van der Waals surface area contributed by atoms with Crippen molar-refractivity contribution < 1.29 is 9.59 Å². The van der Waals surface area contributed by atoms with Gasteiger partial charge in [0, 0.05) is 17.2 Å². The first kappa shape index (κ1) is 14.7. The number of hydrogen-bond donors (Lipinski definition) is 0. The quantitative estimate of drug-likeness (QED) is 0.788. The highest BCUT2D eigenvalue weighted by Crippen LogP contribution is 2.34. The molecule has 0 saturated heterocycles. The van der Waals surface area contributed by atoms with Crippen LogP contribution in [0.25, 0.3) is 0 Å². The molecule has 1 saturated carbocycles. The first-order chi connectivity index (χ1) is 10.7. The van der Waals surface area contributed by atoms with E-state index in [1.165, 1.54) is 30.4 Å². The molecule has 114 valence electrons. The van der Waals surface area contributed by atoms with E-state index in [1.54, 1.807) is 5.94 Å². The van der Waals surface area contributed by atoms with E-state index in [9.17, 15) is 9.59 Å². The number of para-hydroxylation sites is 1. The second-order valence-corrected chi connectivity index (χ2v) is 6.02. The fraction of sp³-hybridized carbons (Fsp3) is 0.444. The molecule has 1 fully saturated rings. The number of carbonyl (C=O) groups is 1. The molecule has 2 aliphatic rings. The normalized spacial score (nSPS) is 19.0. The SMILES string of the molecule is Cc1cccc2c1N(C=C=O)C(=O)CN=C2C1CCCCC1. The molecule has 4 nitrogen and oxygen atoms in total. The lowest BCUT2D eigenvalue weighted by Gasteiger charge is -2.25. The lowest BCUT2D eigenvalue weighted by molar-refractivity contribution is -0.116. The van der Waals surface area contributed by atoms with E-state index in [0.717, 1.165) is 35.4 Å². The van der Waals surface area contributed by atoms with Crippen LogP contribution < -0.4 is 4.90 Å². The summed E-state index contributed by atoms with van der Waals surface area (Å²) in [6, 6.07) is 5.96. The van der Waals surface area contributed by atoms with E-state index in [4.69, 9.17) is 0 Å². The van der Waals surface area contributed by atoms with Crippen molar-refractivity contribution in [1.29, 1.82) is 0 Å². The summed E-state index contributed by atoms with van der Waals surface area (Å²) in [5, 5.41) is 0. The van der Waals surface area contributed by atoms with Crippen LogP contribution in [0.1, 0.15) is 43.2 Å². The standard InChI is InChI=1S/C18H20N2O2/c1-13-6-5-9-15-17(14-7-3-2-4-8-14)19-12-16(22)20(10-11-21)18(13)15/h5-6,9-10,14H,2-4,7-8,12H2,1H3. The van der Waals surface area contributed by atoms with E-state index in [0.29, 0.717) is 5.92 Å². The smallest absolute Gasteiger partial charge is 0.253 e. The highest BCUT2D eigenvalue weighted by Gasteiger charge is 2.29. The minimum absolute atomic E-state index is 0.0954. The van der Waals surface area contributed by atoms with E-state index >= 15 is 0 Å². The molecule has 3 rings (SSSR count). The van der Waals surface area contributed by atoms with Gasteiger partial charge in [0.15, 0.2) is 0 Å². The van der Waals surface area contributed by atoms with Gasteiger partial charge in [-0.2, -0.15) is 0 Å². The molecule has 0 unspecified atom stereocenters. The van der Waals surface area contributed by atoms with Crippen molar-refractivity contribution >= 4 is 23.2 Å². The number of aryl methyl sites for hydroxylation is 1. The van der Waals surface area contributed by atoms with Gasteiger partial charge in [-0.3, -0.25) is 14.7 Å². The van der Waals surface area contributed by atoms with Crippen LogP contribution in [0.4, 0.5) is 5.69 Å². The number of benzene rings is 1. The number of amides is 1. The van der Waals surface area contributed by atoms with Crippen LogP contribution in [0.15, 0.2) is 29.4 Å². The summed E-state index contributed by atoms with van der Waals surface area (Å²) >= 11 is 0. The number of anilines is 1.